The molecule has 44 heavy (non-hydrogen) atoms. The number of nitrogens with zero attached hydrogens (tertiary/aromatic N) is 3. The van der Waals surface area contributed by atoms with Crippen molar-refractivity contribution in [2.24, 2.45) is 0 Å². The summed E-state index contributed by atoms with van der Waals surface area (Å²) in [5.41, 5.74) is 5.18. The van der Waals surface area contributed by atoms with Crippen LogP contribution in [0.4, 0.5) is 0 Å². The first-order chi connectivity index (χ1) is 21.8. The highest BCUT2D eigenvalue weighted by Crippen LogP contribution is 2.44. The molecule has 0 aliphatic rings. The molecule has 0 bridgehead atoms. The topological polar surface area (TPSA) is 30.7 Å². The Balaban J connectivity index is 1.39. The number of hydrogen-bond donors (Lipinski definition) is 0. The second kappa shape index (κ2) is 8.96. The van der Waals surface area contributed by atoms with E-state index in [2.05, 4.69) is 138 Å². The van der Waals surface area contributed by atoms with Gasteiger partial charge in [-0.1, -0.05) is 115 Å². The van der Waals surface area contributed by atoms with E-state index in [1.54, 1.807) is 0 Å². The van der Waals surface area contributed by atoms with E-state index in [4.69, 9.17) is 9.97 Å². The highest BCUT2D eigenvalue weighted by Gasteiger charge is 2.20. The molecule has 0 aliphatic carbocycles. The molecule has 0 fully saturated rings. The summed E-state index contributed by atoms with van der Waals surface area (Å²) in [6.45, 7) is 0. The fourth-order valence-electron chi connectivity index (χ4n) is 7.09. The van der Waals surface area contributed by atoms with E-state index in [1.165, 1.54) is 52.5 Å². The van der Waals surface area contributed by atoms with Crippen LogP contribution >= 0.6 is 11.3 Å². The molecule has 0 atom stereocenters. The highest BCUT2D eigenvalue weighted by molar-refractivity contribution is 7.26. The molecule has 10 rings (SSSR count). The van der Waals surface area contributed by atoms with Gasteiger partial charge in [0.2, 0.25) is 5.95 Å². The van der Waals surface area contributed by atoms with E-state index in [1.807, 2.05) is 17.4 Å². The smallest absolute Gasteiger partial charge is 0.235 e. The van der Waals surface area contributed by atoms with Gasteiger partial charge in [-0.2, -0.15) is 0 Å². The molecule has 0 saturated heterocycles. The number of aromatic nitrogens is 3. The molecule has 3 aromatic heterocycles. The lowest BCUT2D eigenvalue weighted by atomic mass is 9.96. The predicted octanol–water partition coefficient (Wildman–Crippen LogP) is 11.1. The molecule has 0 amide bonds. The average Bonchev–Trinajstić information content (AvgIpc) is 3.64. The molecule has 0 saturated carbocycles. The van der Waals surface area contributed by atoms with Crippen molar-refractivity contribution < 1.29 is 0 Å². The second-order valence-electron chi connectivity index (χ2n) is 11.4. The van der Waals surface area contributed by atoms with Gasteiger partial charge in [0, 0.05) is 47.3 Å². The van der Waals surface area contributed by atoms with Crippen LogP contribution < -0.4 is 0 Å². The summed E-state index contributed by atoms with van der Waals surface area (Å²) in [4.78, 5) is 10.5. The lowest BCUT2D eigenvalue weighted by Gasteiger charge is -2.13. The van der Waals surface area contributed by atoms with Gasteiger partial charge in [-0.3, -0.25) is 4.57 Å². The maximum atomic E-state index is 5.32. The first kappa shape index (κ1) is 23.9. The van der Waals surface area contributed by atoms with Crippen molar-refractivity contribution in [3.8, 4) is 17.2 Å². The van der Waals surface area contributed by atoms with E-state index in [-0.39, 0.29) is 0 Å². The summed E-state index contributed by atoms with van der Waals surface area (Å²) in [7, 11) is 0. The third kappa shape index (κ3) is 3.26. The van der Waals surface area contributed by atoms with Crippen LogP contribution in [0, 0.1) is 0 Å². The lowest BCUT2D eigenvalue weighted by molar-refractivity contribution is 1.02. The van der Waals surface area contributed by atoms with Crippen LogP contribution in [-0.4, -0.2) is 14.5 Å². The SMILES string of the molecule is c1ccc(-c2nc(-n3c4ccccc4c4ccc5c(ccc6ccc7sc8ccccc8c7c65)c43)nc3ccccc23)cc1. The van der Waals surface area contributed by atoms with Gasteiger partial charge in [-0.25, -0.2) is 9.97 Å². The van der Waals surface area contributed by atoms with E-state index in [9.17, 15) is 0 Å². The summed E-state index contributed by atoms with van der Waals surface area (Å²) in [5.74, 6) is 0.681. The van der Waals surface area contributed by atoms with Gasteiger partial charge < -0.3 is 0 Å². The molecular formula is C40H23N3S. The minimum Gasteiger partial charge on any atom is -0.277 e. The standard InChI is InChI=1S/C40H23N3S/c1-2-10-25(11-3-1)38-30-13-4-7-15-32(30)41-40(42-38)43-33-16-8-5-12-26(33)28-22-21-27-29(39(28)43)20-18-24-19-23-35-37(36(24)27)31-14-6-9-17-34(31)44-35/h1-23H. The van der Waals surface area contributed by atoms with E-state index < -0.39 is 0 Å². The predicted molar refractivity (Wildman–Crippen MR) is 187 cm³/mol. The molecule has 0 aliphatic heterocycles. The molecule has 0 N–H and O–H groups in total. The molecule has 3 heterocycles. The fraction of sp³-hybridized carbons (Fsp3) is 0. The zero-order chi connectivity index (χ0) is 28.8. The summed E-state index contributed by atoms with van der Waals surface area (Å²) >= 11 is 1.87. The fourth-order valence-corrected chi connectivity index (χ4v) is 8.21. The normalized spacial score (nSPS) is 12.1. The maximum Gasteiger partial charge on any atom is 0.235 e. The zero-order valence-corrected chi connectivity index (χ0v) is 24.3. The Kier molecular flexibility index (Phi) is 4.87. The number of hydrogen-bond acceptors (Lipinski definition) is 3. The van der Waals surface area contributed by atoms with Crippen molar-refractivity contribution in [1.82, 2.24) is 14.5 Å². The van der Waals surface area contributed by atoms with Gasteiger partial charge in [0.15, 0.2) is 0 Å². The molecule has 10 aromatic rings. The van der Waals surface area contributed by atoms with Crippen LogP contribution in [0.15, 0.2) is 140 Å². The first-order valence-electron chi connectivity index (χ1n) is 14.8. The first-order valence-corrected chi connectivity index (χ1v) is 15.7. The van der Waals surface area contributed by atoms with Gasteiger partial charge >= 0.3 is 0 Å². The molecule has 4 heteroatoms. The lowest BCUT2D eigenvalue weighted by Crippen LogP contribution is -2.03. The van der Waals surface area contributed by atoms with Gasteiger partial charge in [-0.05, 0) is 40.4 Å². The molecule has 0 spiro atoms. The molecule has 7 aromatic carbocycles. The molecular weight excluding hydrogens is 555 g/mol. The largest absolute Gasteiger partial charge is 0.277 e. The Morgan fingerprint density at radius 3 is 2.05 bits per heavy atom. The number of fused-ring (bicyclic) bond motifs is 12. The van der Waals surface area contributed by atoms with Crippen LogP contribution in [0.5, 0.6) is 0 Å². The second-order valence-corrected chi connectivity index (χ2v) is 12.4. The Morgan fingerprint density at radius 2 is 1.14 bits per heavy atom. The number of thiophene rings is 1. The number of rotatable bonds is 2. The molecule has 0 radical (unpaired) electrons. The highest BCUT2D eigenvalue weighted by atomic mass is 32.1. The molecule has 0 unspecified atom stereocenters. The van der Waals surface area contributed by atoms with Crippen LogP contribution in [0.25, 0.3) is 91.6 Å². The Bertz CT molecular complexity index is 2770. The minimum absolute atomic E-state index is 0.681. The van der Waals surface area contributed by atoms with Gasteiger partial charge in [0.05, 0.1) is 22.2 Å². The third-order valence-electron chi connectivity index (χ3n) is 8.99. The summed E-state index contributed by atoms with van der Waals surface area (Å²) in [6, 6.07) is 49.9. The van der Waals surface area contributed by atoms with Crippen molar-refractivity contribution in [2.75, 3.05) is 0 Å². The quantitative estimate of drug-likeness (QED) is 0.191. The maximum absolute atomic E-state index is 5.32. The minimum atomic E-state index is 0.681. The van der Waals surface area contributed by atoms with Crippen molar-refractivity contribution >= 4 is 85.8 Å². The Labute approximate surface area is 256 Å². The van der Waals surface area contributed by atoms with Crippen LogP contribution in [0.1, 0.15) is 0 Å². The Morgan fingerprint density at radius 1 is 0.455 bits per heavy atom. The van der Waals surface area contributed by atoms with E-state index in [0.717, 1.165) is 33.2 Å². The van der Waals surface area contributed by atoms with Crippen molar-refractivity contribution in [3.05, 3.63) is 140 Å². The van der Waals surface area contributed by atoms with E-state index >= 15 is 0 Å². The van der Waals surface area contributed by atoms with Crippen molar-refractivity contribution in [2.45, 2.75) is 0 Å². The molecule has 3 nitrogen and oxygen atoms in total. The van der Waals surface area contributed by atoms with Crippen LogP contribution in [-0.2, 0) is 0 Å². The summed E-state index contributed by atoms with van der Waals surface area (Å²) in [5, 5.41) is 11.1. The Hall–Kier alpha value is -5.58. The zero-order valence-electron chi connectivity index (χ0n) is 23.5. The third-order valence-corrected chi connectivity index (χ3v) is 10.1. The monoisotopic (exact) mass is 577 g/mol. The van der Waals surface area contributed by atoms with Gasteiger partial charge in [0.1, 0.15) is 0 Å². The number of benzene rings is 7. The van der Waals surface area contributed by atoms with E-state index in [0.29, 0.717) is 5.95 Å². The average molecular weight is 578 g/mol. The van der Waals surface area contributed by atoms with Gasteiger partial charge in [0.25, 0.3) is 0 Å². The molecule has 204 valence electrons. The summed E-state index contributed by atoms with van der Waals surface area (Å²) in [6.07, 6.45) is 0. The summed E-state index contributed by atoms with van der Waals surface area (Å²) < 4.78 is 4.92. The van der Waals surface area contributed by atoms with Crippen LogP contribution in [0.2, 0.25) is 0 Å². The van der Waals surface area contributed by atoms with Crippen molar-refractivity contribution in [1.29, 1.82) is 0 Å². The van der Waals surface area contributed by atoms with Gasteiger partial charge in [-0.15, -0.1) is 11.3 Å². The van der Waals surface area contributed by atoms with Crippen molar-refractivity contribution in [3.63, 3.8) is 0 Å². The van der Waals surface area contributed by atoms with Crippen LogP contribution in [0.3, 0.4) is 0 Å². The number of para-hydroxylation sites is 2.